The molecule has 0 radical (unpaired) electrons. The number of aliphatic hydroxyl groups excluding tert-OH is 13. The molecule has 0 aromatic carbocycles. The summed E-state index contributed by atoms with van der Waals surface area (Å²) >= 11 is 0. The summed E-state index contributed by atoms with van der Waals surface area (Å²) in [6.07, 6.45) is -9.48. The van der Waals surface area contributed by atoms with E-state index < -0.39 is 155 Å². The van der Waals surface area contributed by atoms with E-state index in [9.17, 15) is 66.4 Å². The molecule has 6 aliphatic rings. The third-order valence-corrected chi connectivity index (χ3v) is 16.0. The van der Waals surface area contributed by atoms with Gasteiger partial charge in [-0.15, -0.1) is 0 Å². The number of hydrogen-bond donors (Lipinski definition) is 13. The van der Waals surface area contributed by atoms with E-state index in [1.165, 1.54) is 64.2 Å². The van der Waals surface area contributed by atoms with E-state index in [0.29, 0.717) is 24.7 Å². The van der Waals surface area contributed by atoms with E-state index in [4.69, 9.17) is 42.6 Å². The molecule has 0 aromatic heterocycles. The summed E-state index contributed by atoms with van der Waals surface area (Å²) in [6, 6.07) is 0. The summed E-state index contributed by atoms with van der Waals surface area (Å²) in [5.74, 6) is 1.40. The Bertz CT molecular complexity index is 1430. The molecule has 13 N–H and O–H groups in total. The van der Waals surface area contributed by atoms with Gasteiger partial charge in [-0.1, -0.05) is 116 Å². The second kappa shape index (κ2) is 29.6. The van der Waals surface area contributed by atoms with Crippen molar-refractivity contribution in [1.82, 2.24) is 0 Å². The molecule has 19 atom stereocenters. The lowest BCUT2D eigenvalue weighted by Gasteiger charge is -2.46. The minimum Gasteiger partial charge on any atom is -0.394 e. The topological polar surface area (TPSA) is 346 Å². The maximum Gasteiger partial charge on any atom is 0.187 e. The van der Waals surface area contributed by atoms with Crippen molar-refractivity contribution in [1.29, 1.82) is 0 Å². The Morgan fingerprint density at radius 1 is 0.437 bits per heavy atom. The normalized spacial score (nSPS) is 40.8. The lowest BCUT2D eigenvalue weighted by Crippen LogP contribution is -2.64. The van der Waals surface area contributed by atoms with Crippen molar-refractivity contribution in [3.05, 3.63) is 0 Å². The van der Waals surface area contributed by atoms with Gasteiger partial charge in [0.05, 0.1) is 39.6 Å². The van der Waals surface area contributed by atoms with Gasteiger partial charge in [0.2, 0.25) is 0 Å². The smallest absolute Gasteiger partial charge is 0.187 e. The molecule has 11 unspecified atom stereocenters. The first-order valence-corrected chi connectivity index (χ1v) is 26.5. The number of ether oxygens (including phenoxy) is 9. The zero-order valence-corrected chi connectivity index (χ0v) is 41.2. The third kappa shape index (κ3) is 16.3. The molecule has 0 bridgehead atoms. The van der Waals surface area contributed by atoms with Crippen LogP contribution in [0.25, 0.3) is 0 Å². The van der Waals surface area contributed by atoms with Crippen LogP contribution in [0.5, 0.6) is 0 Å². The summed E-state index contributed by atoms with van der Waals surface area (Å²) in [4.78, 5) is 0. The van der Waals surface area contributed by atoms with Crippen molar-refractivity contribution in [2.75, 3.05) is 46.4 Å². The molecular formula is C49H88O22. The van der Waals surface area contributed by atoms with Gasteiger partial charge >= 0.3 is 0 Å². The molecule has 6 rings (SSSR count). The number of aliphatic hydroxyl groups is 13. The Balaban J connectivity index is 1.19. The highest BCUT2D eigenvalue weighted by molar-refractivity contribution is 4.96. The monoisotopic (exact) mass is 1030 g/mol. The maximum atomic E-state index is 11.5. The molecule has 4 heterocycles. The number of unbranched alkanes of at least 4 members (excludes halogenated alkanes) is 4. The molecule has 2 aliphatic carbocycles. The fraction of sp³-hybridized carbons (Fsp3) is 1.00. The van der Waals surface area contributed by atoms with Gasteiger partial charge in [-0.05, 0) is 24.7 Å². The molecule has 4 saturated heterocycles. The zero-order chi connectivity index (χ0) is 51.1. The highest BCUT2D eigenvalue weighted by Gasteiger charge is 2.52. The number of fused-ring (bicyclic) bond motifs is 1. The third-order valence-electron chi connectivity index (χ3n) is 16.0. The standard InChI is InChI=1S/C49H88O22/c50-21-30-34(53)39(58)45(62)63-24-33-43(67-27-66-30)37(56)41(60)47(70-33)65-26-49(19-11-3-9-17-28-13-5-1-6-14-28,20-12-4-10-18-29-15-7-2-8-16-29)25-64-46-42(61)38(57)44(32(23-52)69-46)71-48-40(59)36(55)35(54)31(22-51)68-48/h28-48,50-62H,1-27H2/t30?,31?,32?,33?,34-,35-,36?,37?,38?,39?,40?,41?,42?,43-,44-,45-,46-,47-,48-/m1/s1. The number of rotatable bonds is 23. The van der Waals surface area contributed by atoms with Crippen LogP contribution < -0.4 is 0 Å². The Morgan fingerprint density at radius 3 is 1.51 bits per heavy atom. The fourth-order valence-electron chi connectivity index (χ4n) is 11.4. The SMILES string of the molecule is OCC1O[C@H](O[C@@H]2C(CO)O[C@@H](OCC(CCCCCC3CCCCC3)(CCCCCC3CCCCC3)CO[C@@H]3OC4CO[C@@H](O)C(O)[C@H](O)C(CO)OCO[C@H]4C(O)C3O)C(O)C2O)C(O)C(O)[C@@H]1O. The first-order valence-electron chi connectivity index (χ1n) is 26.5. The van der Waals surface area contributed by atoms with Crippen molar-refractivity contribution < 1.29 is 109 Å². The van der Waals surface area contributed by atoms with Crippen LogP contribution in [-0.4, -0.2) is 230 Å². The average Bonchev–Trinajstić information content (AvgIpc) is 3.40. The molecule has 22 heteroatoms. The first-order chi connectivity index (χ1) is 34.2. The minimum atomic E-state index is -1.97. The second-order valence-corrected chi connectivity index (χ2v) is 21.2. The minimum absolute atomic E-state index is 0.0989. The zero-order valence-electron chi connectivity index (χ0n) is 41.2. The first kappa shape index (κ1) is 59.4. The lowest BCUT2D eigenvalue weighted by atomic mass is 9.78. The Labute approximate surface area is 417 Å². The van der Waals surface area contributed by atoms with Crippen LogP contribution in [0.15, 0.2) is 0 Å². The predicted molar refractivity (Wildman–Crippen MR) is 246 cm³/mol. The van der Waals surface area contributed by atoms with Crippen molar-refractivity contribution in [3.63, 3.8) is 0 Å². The van der Waals surface area contributed by atoms with Crippen LogP contribution in [-0.2, 0) is 42.6 Å². The summed E-state index contributed by atoms with van der Waals surface area (Å²) in [5, 5.41) is 139. The van der Waals surface area contributed by atoms with E-state index in [0.717, 1.165) is 51.4 Å². The van der Waals surface area contributed by atoms with Crippen LogP contribution >= 0.6 is 0 Å². The maximum absolute atomic E-state index is 11.5. The molecule has 4 aliphatic heterocycles. The van der Waals surface area contributed by atoms with Crippen molar-refractivity contribution in [2.45, 2.75) is 245 Å². The largest absolute Gasteiger partial charge is 0.394 e. The molecule has 71 heavy (non-hydrogen) atoms. The van der Waals surface area contributed by atoms with Crippen LogP contribution in [0, 0.1) is 17.3 Å². The second-order valence-electron chi connectivity index (χ2n) is 21.2. The van der Waals surface area contributed by atoms with Crippen molar-refractivity contribution >= 4 is 0 Å². The summed E-state index contributed by atoms with van der Waals surface area (Å²) in [6.45, 7) is -3.54. The van der Waals surface area contributed by atoms with Crippen LogP contribution in [0.3, 0.4) is 0 Å². The highest BCUT2D eigenvalue weighted by Crippen LogP contribution is 2.39. The van der Waals surface area contributed by atoms with Gasteiger partial charge in [-0.2, -0.15) is 0 Å². The molecule has 0 amide bonds. The van der Waals surface area contributed by atoms with Gasteiger partial charge in [0.1, 0.15) is 98.4 Å². The average molecular weight is 1030 g/mol. The molecule has 0 aromatic rings. The quantitative estimate of drug-likeness (QED) is 0.0542. The van der Waals surface area contributed by atoms with Crippen LogP contribution in [0.2, 0.25) is 0 Å². The van der Waals surface area contributed by atoms with E-state index in [2.05, 4.69) is 0 Å². The molecule has 22 nitrogen and oxygen atoms in total. The van der Waals surface area contributed by atoms with Crippen molar-refractivity contribution in [3.8, 4) is 0 Å². The summed E-state index contributed by atoms with van der Waals surface area (Å²) < 4.78 is 53.0. The Morgan fingerprint density at radius 2 is 0.944 bits per heavy atom. The molecule has 6 fully saturated rings. The van der Waals surface area contributed by atoms with Gasteiger partial charge in [-0.25, -0.2) is 0 Å². The van der Waals surface area contributed by atoms with Gasteiger partial charge in [0.15, 0.2) is 25.2 Å². The van der Waals surface area contributed by atoms with E-state index in [-0.39, 0.29) is 13.2 Å². The van der Waals surface area contributed by atoms with Crippen LogP contribution in [0.1, 0.15) is 128 Å². The Hall–Kier alpha value is -0.880. The van der Waals surface area contributed by atoms with Gasteiger partial charge in [0.25, 0.3) is 0 Å². The summed E-state index contributed by atoms with van der Waals surface area (Å²) in [7, 11) is 0. The Kier molecular flexibility index (Phi) is 24.7. The molecule has 416 valence electrons. The number of hydrogen-bond acceptors (Lipinski definition) is 22. The van der Waals surface area contributed by atoms with E-state index in [1.54, 1.807) is 0 Å². The highest BCUT2D eigenvalue weighted by atomic mass is 16.8. The molecular weight excluding hydrogens is 941 g/mol. The van der Waals surface area contributed by atoms with Gasteiger partial charge in [0, 0.05) is 5.41 Å². The van der Waals surface area contributed by atoms with E-state index in [1.807, 2.05) is 0 Å². The predicted octanol–water partition coefficient (Wildman–Crippen LogP) is -1.07. The molecule has 0 spiro atoms. The molecule has 2 saturated carbocycles. The lowest BCUT2D eigenvalue weighted by molar-refractivity contribution is -0.362. The summed E-state index contributed by atoms with van der Waals surface area (Å²) in [5.41, 5.74) is -0.849. The van der Waals surface area contributed by atoms with Crippen LogP contribution in [0.4, 0.5) is 0 Å². The fourth-order valence-corrected chi connectivity index (χ4v) is 11.4. The van der Waals surface area contributed by atoms with E-state index >= 15 is 0 Å². The van der Waals surface area contributed by atoms with Gasteiger partial charge in [-0.3, -0.25) is 0 Å². The van der Waals surface area contributed by atoms with Gasteiger partial charge < -0.3 is 109 Å². The van der Waals surface area contributed by atoms with Crippen molar-refractivity contribution in [2.24, 2.45) is 17.3 Å².